The maximum absolute atomic E-state index is 12.8. The molecule has 0 unspecified atom stereocenters. The van der Waals surface area contributed by atoms with Crippen LogP contribution in [-0.2, 0) is 12.7 Å². The first kappa shape index (κ1) is 19.6. The number of hydrogen-bond acceptors (Lipinski definition) is 3. The molecule has 2 amide bonds. The summed E-state index contributed by atoms with van der Waals surface area (Å²) in [5.74, 6) is -0.840. The summed E-state index contributed by atoms with van der Waals surface area (Å²) in [6.07, 6.45) is -4.45. The molecule has 144 valence electrons. The Morgan fingerprint density at radius 2 is 1.71 bits per heavy atom. The topological polar surface area (TPSA) is 58.2 Å². The van der Waals surface area contributed by atoms with Crippen LogP contribution in [-0.4, -0.2) is 11.8 Å². The predicted molar refractivity (Wildman–Crippen MR) is 101 cm³/mol. The van der Waals surface area contributed by atoms with Crippen LogP contribution in [0.1, 0.15) is 31.2 Å². The van der Waals surface area contributed by atoms with E-state index in [9.17, 15) is 22.8 Å². The average molecular weight is 404 g/mol. The van der Waals surface area contributed by atoms with Crippen molar-refractivity contribution in [3.63, 3.8) is 0 Å². The van der Waals surface area contributed by atoms with Gasteiger partial charge in [-0.2, -0.15) is 13.2 Å². The van der Waals surface area contributed by atoms with Gasteiger partial charge in [-0.25, -0.2) is 0 Å². The molecule has 1 heterocycles. The molecule has 3 aromatic rings. The Morgan fingerprint density at radius 3 is 2.43 bits per heavy atom. The van der Waals surface area contributed by atoms with Crippen molar-refractivity contribution < 1.29 is 22.8 Å². The largest absolute Gasteiger partial charge is 0.416 e. The van der Waals surface area contributed by atoms with Gasteiger partial charge in [0, 0.05) is 6.54 Å². The van der Waals surface area contributed by atoms with E-state index >= 15 is 0 Å². The molecule has 0 fully saturated rings. The number of halogens is 3. The van der Waals surface area contributed by atoms with Crippen LogP contribution in [0.5, 0.6) is 0 Å². The second-order valence-electron chi connectivity index (χ2n) is 5.86. The summed E-state index contributed by atoms with van der Waals surface area (Å²) in [6, 6.07) is 14.6. The van der Waals surface area contributed by atoms with Gasteiger partial charge in [-0.1, -0.05) is 30.3 Å². The third-order valence-corrected chi connectivity index (χ3v) is 4.74. The van der Waals surface area contributed by atoms with Gasteiger partial charge in [0.2, 0.25) is 0 Å². The molecular weight excluding hydrogens is 389 g/mol. The Balaban J connectivity index is 1.71. The zero-order valence-corrected chi connectivity index (χ0v) is 15.2. The van der Waals surface area contributed by atoms with E-state index < -0.39 is 17.6 Å². The summed E-state index contributed by atoms with van der Waals surface area (Å²) >= 11 is 1.27. The molecular formula is C20H15F3N2O2S. The Hall–Kier alpha value is -3.13. The van der Waals surface area contributed by atoms with Crippen LogP contribution in [0.15, 0.2) is 66.0 Å². The molecule has 2 N–H and O–H groups in total. The van der Waals surface area contributed by atoms with E-state index in [1.54, 1.807) is 35.7 Å². The Kier molecular flexibility index (Phi) is 5.79. The van der Waals surface area contributed by atoms with Crippen molar-refractivity contribution in [2.45, 2.75) is 12.7 Å². The first-order chi connectivity index (χ1) is 13.3. The van der Waals surface area contributed by atoms with E-state index in [0.717, 1.165) is 12.1 Å². The monoisotopic (exact) mass is 404 g/mol. The van der Waals surface area contributed by atoms with Crippen LogP contribution in [0.3, 0.4) is 0 Å². The molecule has 0 radical (unpaired) electrons. The summed E-state index contributed by atoms with van der Waals surface area (Å²) in [7, 11) is 0. The molecule has 1 aromatic heterocycles. The van der Waals surface area contributed by atoms with Crippen LogP contribution in [0.4, 0.5) is 18.9 Å². The number of nitrogens with one attached hydrogen (secondary N) is 2. The highest BCUT2D eigenvalue weighted by Gasteiger charge is 2.30. The highest BCUT2D eigenvalue weighted by Crippen LogP contribution is 2.29. The smallest absolute Gasteiger partial charge is 0.348 e. The molecule has 0 aliphatic rings. The van der Waals surface area contributed by atoms with E-state index in [1.165, 1.54) is 29.5 Å². The number of benzene rings is 2. The molecule has 8 heteroatoms. The minimum absolute atomic E-state index is 0.0735. The minimum atomic E-state index is -4.45. The second kappa shape index (κ2) is 8.26. The van der Waals surface area contributed by atoms with Crippen molar-refractivity contribution in [1.82, 2.24) is 5.32 Å². The molecule has 3 rings (SSSR count). The normalized spacial score (nSPS) is 11.1. The van der Waals surface area contributed by atoms with Gasteiger partial charge in [0.25, 0.3) is 11.8 Å². The molecule has 0 atom stereocenters. The maximum atomic E-state index is 12.8. The van der Waals surface area contributed by atoms with Gasteiger partial charge in [0.1, 0.15) is 0 Å². The Labute approximate surface area is 163 Å². The second-order valence-corrected chi connectivity index (χ2v) is 6.81. The number of hydrogen-bond donors (Lipinski definition) is 2. The molecule has 0 spiro atoms. The van der Waals surface area contributed by atoms with Crippen molar-refractivity contribution in [3.8, 4) is 0 Å². The van der Waals surface area contributed by atoms with Crippen molar-refractivity contribution in [2.75, 3.05) is 5.32 Å². The van der Waals surface area contributed by atoms with Crippen molar-refractivity contribution in [2.24, 2.45) is 0 Å². The molecule has 0 saturated heterocycles. The fourth-order valence-electron chi connectivity index (χ4n) is 2.52. The van der Waals surface area contributed by atoms with Gasteiger partial charge in [0.05, 0.1) is 21.7 Å². The number of amides is 2. The quantitative estimate of drug-likeness (QED) is 0.632. The van der Waals surface area contributed by atoms with Gasteiger partial charge < -0.3 is 10.6 Å². The highest BCUT2D eigenvalue weighted by atomic mass is 32.1. The number of carbonyl (C=O) groups excluding carboxylic acids is 2. The predicted octanol–water partition coefficient (Wildman–Crippen LogP) is 4.95. The standard InChI is InChI=1S/C20H15F3N2O2S/c21-20(22,23)14-6-3-5-13(11-14)12-24-18(26)15-7-1-2-8-16(15)25-19(27)17-9-4-10-28-17/h1-11H,12H2,(H,24,26)(H,25,27). The van der Waals surface area contributed by atoms with Gasteiger partial charge in [0.15, 0.2) is 0 Å². The highest BCUT2D eigenvalue weighted by molar-refractivity contribution is 7.12. The van der Waals surface area contributed by atoms with Crippen molar-refractivity contribution in [3.05, 3.63) is 87.6 Å². The van der Waals surface area contributed by atoms with E-state index in [-0.39, 0.29) is 18.0 Å². The van der Waals surface area contributed by atoms with Crippen LogP contribution in [0.2, 0.25) is 0 Å². The molecule has 2 aromatic carbocycles. The van der Waals surface area contributed by atoms with Gasteiger partial charge in [-0.3, -0.25) is 9.59 Å². The fourth-order valence-corrected chi connectivity index (χ4v) is 3.14. The first-order valence-corrected chi connectivity index (χ1v) is 9.11. The summed E-state index contributed by atoms with van der Waals surface area (Å²) in [4.78, 5) is 25.2. The molecule has 0 bridgehead atoms. The number of rotatable bonds is 5. The molecule has 28 heavy (non-hydrogen) atoms. The summed E-state index contributed by atoms with van der Waals surface area (Å²) in [6.45, 7) is -0.0735. The van der Waals surface area contributed by atoms with Gasteiger partial charge in [-0.15, -0.1) is 11.3 Å². The minimum Gasteiger partial charge on any atom is -0.348 e. The van der Waals surface area contributed by atoms with E-state index in [1.807, 2.05) is 0 Å². The van der Waals surface area contributed by atoms with E-state index in [2.05, 4.69) is 10.6 Å². The zero-order chi connectivity index (χ0) is 20.1. The molecule has 4 nitrogen and oxygen atoms in total. The lowest BCUT2D eigenvalue weighted by atomic mass is 10.1. The summed E-state index contributed by atoms with van der Waals surface area (Å²) in [5.41, 5.74) is 0.0907. The number of carbonyl (C=O) groups is 2. The van der Waals surface area contributed by atoms with Crippen LogP contribution in [0, 0.1) is 0 Å². The Bertz CT molecular complexity index is 985. The number of para-hydroxylation sites is 1. The summed E-state index contributed by atoms with van der Waals surface area (Å²) in [5, 5.41) is 7.04. The molecule has 0 saturated carbocycles. The van der Waals surface area contributed by atoms with Crippen LogP contribution < -0.4 is 10.6 Å². The molecule has 0 aliphatic heterocycles. The van der Waals surface area contributed by atoms with E-state index in [0.29, 0.717) is 16.1 Å². The fraction of sp³-hybridized carbons (Fsp3) is 0.100. The lowest BCUT2D eigenvalue weighted by Gasteiger charge is -2.12. The maximum Gasteiger partial charge on any atom is 0.416 e. The van der Waals surface area contributed by atoms with Crippen LogP contribution >= 0.6 is 11.3 Å². The zero-order valence-electron chi connectivity index (χ0n) is 14.4. The van der Waals surface area contributed by atoms with Gasteiger partial charge in [-0.05, 0) is 41.3 Å². The van der Waals surface area contributed by atoms with Crippen LogP contribution in [0.25, 0.3) is 0 Å². The molecule has 0 aliphatic carbocycles. The first-order valence-electron chi connectivity index (χ1n) is 8.23. The number of anilines is 1. The van der Waals surface area contributed by atoms with E-state index in [4.69, 9.17) is 0 Å². The van der Waals surface area contributed by atoms with Crippen molar-refractivity contribution >= 4 is 28.8 Å². The third kappa shape index (κ3) is 4.77. The lowest BCUT2D eigenvalue weighted by Crippen LogP contribution is -2.25. The lowest BCUT2D eigenvalue weighted by molar-refractivity contribution is -0.137. The van der Waals surface area contributed by atoms with Gasteiger partial charge >= 0.3 is 6.18 Å². The number of thiophene rings is 1. The third-order valence-electron chi connectivity index (χ3n) is 3.87. The average Bonchev–Trinajstić information content (AvgIpc) is 3.21. The van der Waals surface area contributed by atoms with Crippen molar-refractivity contribution in [1.29, 1.82) is 0 Å². The summed E-state index contributed by atoms with van der Waals surface area (Å²) < 4.78 is 38.4. The number of alkyl halides is 3. The Morgan fingerprint density at radius 1 is 0.929 bits per heavy atom. The SMILES string of the molecule is O=C(Nc1ccccc1C(=O)NCc1cccc(C(F)(F)F)c1)c1cccs1.